The van der Waals surface area contributed by atoms with Crippen LogP contribution in [0.5, 0.6) is 0 Å². The number of thiazole rings is 1. The first-order chi connectivity index (χ1) is 9.19. The lowest BCUT2D eigenvalue weighted by Crippen LogP contribution is -2.11. The molecule has 1 N–H and O–H groups in total. The molecular weight excluding hydrogens is 274 g/mol. The molecule has 0 spiro atoms. The Kier molecular flexibility index (Phi) is 3.35. The third-order valence-corrected chi connectivity index (χ3v) is 5.45. The van der Waals surface area contributed by atoms with Crippen molar-refractivity contribution < 1.29 is 0 Å². The highest BCUT2D eigenvalue weighted by Gasteiger charge is 2.14. The van der Waals surface area contributed by atoms with Crippen molar-refractivity contribution in [1.29, 1.82) is 0 Å². The van der Waals surface area contributed by atoms with Crippen molar-refractivity contribution in [3.8, 4) is 10.6 Å². The van der Waals surface area contributed by atoms with Crippen LogP contribution in [0.15, 0.2) is 23.7 Å². The Bertz CT molecular complexity index is 714. The van der Waals surface area contributed by atoms with E-state index in [0.717, 1.165) is 21.8 Å². The zero-order valence-electron chi connectivity index (χ0n) is 11.1. The number of rotatable bonds is 3. The Morgan fingerprint density at radius 2 is 2.21 bits per heavy atom. The van der Waals surface area contributed by atoms with Crippen molar-refractivity contribution >= 4 is 32.9 Å². The van der Waals surface area contributed by atoms with E-state index in [1.165, 1.54) is 9.58 Å². The maximum Gasteiger partial charge on any atom is 0.125 e. The molecule has 0 aromatic carbocycles. The fraction of sp³-hybridized carbons (Fsp3) is 0.286. The minimum Gasteiger partial charge on any atom is -0.312 e. The van der Waals surface area contributed by atoms with Gasteiger partial charge in [0.1, 0.15) is 5.01 Å². The molecule has 3 aromatic heterocycles. The minimum absolute atomic E-state index is 0.338. The van der Waals surface area contributed by atoms with Crippen molar-refractivity contribution in [2.45, 2.75) is 19.9 Å². The van der Waals surface area contributed by atoms with Crippen LogP contribution in [-0.2, 0) is 0 Å². The van der Waals surface area contributed by atoms with Gasteiger partial charge in [-0.15, -0.1) is 22.7 Å². The highest BCUT2D eigenvalue weighted by Crippen LogP contribution is 2.33. The van der Waals surface area contributed by atoms with Crippen LogP contribution in [-0.4, -0.2) is 17.0 Å². The van der Waals surface area contributed by atoms with Gasteiger partial charge in [0.2, 0.25) is 0 Å². The molecule has 0 bridgehead atoms. The van der Waals surface area contributed by atoms with Gasteiger partial charge >= 0.3 is 0 Å². The van der Waals surface area contributed by atoms with Gasteiger partial charge < -0.3 is 5.32 Å². The average Bonchev–Trinajstić information content (AvgIpc) is 3.03. The number of aryl methyl sites for hydroxylation is 1. The second-order valence-electron chi connectivity index (χ2n) is 4.51. The molecule has 0 aliphatic heterocycles. The molecule has 98 valence electrons. The molecule has 0 amide bonds. The fourth-order valence-corrected chi connectivity index (χ4v) is 3.92. The number of pyridine rings is 1. The smallest absolute Gasteiger partial charge is 0.125 e. The summed E-state index contributed by atoms with van der Waals surface area (Å²) >= 11 is 3.47. The standard InChI is InChI=1S/C14H15N3S2/c1-8(15-3)13-9(2)17-14(19-13)10-6-12-11(16-7-10)4-5-18-12/h4-8,15H,1-3H3. The first kappa shape index (κ1) is 12.7. The zero-order valence-corrected chi connectivity index (χ0v) is 12.7. The lowest BCUT2D eigenvalue weighted by molar-refractivity contribution is 0.658. The molecule has 19 heavy (non-hydrogen) atoms. The normalized spacial score (nSPS) is 13.0. The van der Waals surface area contributed by atoms with Crippen molar-refractivity contribution in [3.63, 3.8) is 0 Å². The molecule has 1 unspecified atom stereocenters. The van der Waals surface area contributed by atoms with E-state index in [2.05, 4.69) is 40.6 Å². The van der Waals surface area contributed by atoms with E-state index < -0.39 is 0 Å². The summed E-state index contributed by atoms with van der Waals surface area (Å²) in [5.41, 5.74) is 3.27. The van der Waals surface area contributed by atoms with Gasteiger partial charge in [0.25, 0.3) is 0 Å². The van der Waals surface area contributed by atoms with Crippen LogP contribution in [0.25, 0.3) is 20.8 Å². The zero-order chi connectivity index (χ0) is 13.4. The molecule has 3 heterocycles. The Hall–Kier alpha value is -1.30. The van der Waals surface area contributed by atoms with Gasteiger partial charge in [-0.1, -0.05) is 0 Å². The Morgan fingerprint density at radius 1 is 1.37 bits per heavy atom. The fourth-order valence-electron chi connectivity index (χ4n) is 2.03. The molecule has 0 fully saturated rings. The summed E-state index contributed by atoms with van der Waals surface area (Å²) < 4.78 is 1.22. The quantitative estimate of drug-likeness (QED) is 0.791. The summed E-state index contributed by atoms with van der Waals surface area (Å²) in [6.07, 6.45) is 1.92. The first-order valence-electron chi connectivity index (χ1n) is 6.17. The van der Waals surface area contributed by atoms with Gasteiger partial charge in [0.15, 0.2) is 0 Å². The third-order valence-electron chi connectivity index (χ3n) is 3.21. The van der Waals surface area contributed by atoms with E-state index in [9.17, 15) is 0 Å². The molecule has 0 radical (unpaired) electrons. The highest BCUT2D eigenvalue weighted by molar-refractivity contribution is 7.17. The van der Waals surface area contributed by atoms with Crippen molar-refractivity contribution in [1.82, 2.24) is 15.3 Å². The predicted octanol–water partition coefficient (Wildman–Crippen LogP) is 4.01. The van der Waals surface area contributed by atoms with Gasteiger partial charge in [0, 0.05) is 22.7 Å². The van der Waals surface area contributed by atoms with Crippen LogP contribution in [0.4, 0.5) is 0 Å². The number of hydrogen-bond acceptors (Lipinski definition) is 5. The van der Waals surface area contributed by atoms with E-state index >= 15 is 0 Å². The lowest BCUT2D eigenvalue weighted by atomic mass is 10.2. The summed E-state index contributed by atoms with van der Waals surface area (Å²) in [6.45, 7) is 4.23. The first-order valence-corrected chi connectivity index (χ1v) is 7.87. The summed E-state index contributed by atoms with van der Waals surface area (Å²) in [4.78, 5) is 10.5. The minimum atomic E-state index is 0.338. The largest absolute Gasteiger partial charge is 0.312 e. The van der Waals surface area contributed by atoms with Gasteiger partial charge in [-0.05, 0) is 38.4 Å². The molecule has 3 rings (SSSR count). The highest BCUT2D eigenvalue weighted by atomic mass is 32.1. The molecule has 3 nitrogen and oxygen atoms in total. The number of nitrogens with one attached hydrogen (secondary N) is 1. The van der Waals surface area contributed by atoms with Crippen molar-refractivity contribution in [3.05, 3.63) is 34.3 Å². The molecule has 0 saturated heterocycles. The van der Waals surface area contributed by atoms with E-state index in [1.54, 1.807) is 22.7 Å². The third kappa shape index (κ3) is 2.29. The Balaban J connectivity index is 2.05. The summed E-state index contributed by atoms with van der Waals surface area (Å²) in [5, 5.41) is 6.39. The van der Waals surface area contributed by atoms with Crippen LogP contribution in [0.2, 0.25) is 0 Å². The van der Waals surface area contributed by atoms with Crippen molar-refractivity contribution in [2.24, 2.45) is 0 Å². The summed E-state index contributed by atoms with van der Waals surface area (Å²) in [5.74, 6) is 0. The number of thiophene rings is 1. The van der Waals surface area contributed by atoms with E-state index in [4.69, 9.17) is 0 Å². The molecule has 0 aliphatic rings. The second-order valence-corrected chi connectivity index (χ2v) is 6.49. The summed E-state index contributed by atoms with van der Waals surface area (Å²) in [6, 6.07) is 4.56. The maximum atomic E-state index is 4.68. The Labute approximate surface area is 120 Å². The Morgan fingerprint density at radius 3 is 3.00 bits per heavy atom. The molecule has 1 atom stereocenters. The van der Waals surface area contributed by atoms with Crippen LogP contribution < -0.4 is 5.32 Å². The SMILES string of the molecule is CNC(C)c1sc(-c2cnc3ccsc3c2)nc1C. The van der Waals surface area contributed by atoms with E-state index in [-0.39, 0.29) is 0 Å². The van der Waals surface area contributed by atoms with Crippen molar-refractivity contribution in [2.75, 3.05) is 7.05 Å². The van der Waals surface area contributed by atoms with Gasteiger partial charge in [-0.25, -0.2) is 4.98 Å². The van der Waals surface area contributed by atoms with Crippen LogP contribution in [0.1, 0.15) is 23.5 Å². The van der Waals surface area contributed by atoms with Gasteiger partial charge in [-0.3, -0.25) is 4.98 Å². The predicted molar refractivity (Wildman–Crippen MR) is 82.9 cm³/mol. The topological polar surface area (TPSA) is 37.8 Å². The van der Waals surface area contributed by atoms with Crippen LogP contribution in [0, 0.1) is 6.92 Å². The molecule has 5 heteroatoms. The van der Waals surface area contributed by atoms with E-state index in [1.807, 2.05) is 19.3 Å². The summed E-state index contributed by atoms with van der Waals surface area (Å²) in [7, 11) is 1.97. The lowest BCUT2D eigenvalue weighted by Gasteiger charge is -2.06. The van der Waals surface area contributed by atoms with Crippen LogP contribution in [0.3, 0.4) is 0 Å². The average molecular weight is 289 g/mol. The van der Waals surface area contributed by atoms with E-state index in [0.29, 0.717) is 6.04 Å². The van der Waals surface area contributed by atoms with Gasteiger partial charge in [0.05, 0.1) is 15.9 Å². The number of nitrogens with zero attached hydrogens (tertiary/aromatic N) is 2. The molecule has 0 saturated carbocycles. The molecule has 3 aromatic rings. The number of aromatic nitrogens is 2. The van der Waals surface area contributed by atoms with Crippen LogP contribution >= 0.6 is 22.7 Å². The second kappa shape index (κ2) is 5.00. The number of fused-ring (bicyclic) bond motifs is 1. The monoisotopic (exact) mass is 289 g/mol. The maximum absolute atomic E-state index is 4.68. The number of hydrogen-bond donors (Lipinski definition) is 1. The molecular formula is C14H15N3S2. The molecule has 0 aliphatic carbocycles. The van der Waals surface area contributed by atoms with Gasteiger partial charge in [-0.2, -0.15) is 0 Å².